The normalized spacial score (nSPS) is 11.2. The van der Waals surface area contributed by atoms with Gasteiger partial charge in [-0.2, -0.15) is 0 Å². The highest BCUT2D eigenvalue weighted by Gasteiger charge is 2.05. The summed E-state index contributed by atoms with van der Waals surface area (Å²) in [6.07, 6.45) is 2.13. The van der Waals surface area contributed by atoms with Gasteiger partial charge in [-0.05, 0) is 20.8 Å². The van der Waals surface area contributed by atoms with Gasteiger partial charge in [0.25, 0.3) is 0 Å². The summed E-state index contributed by atoms with van der Waals surface area (Å²) < 4.78 is 2.15. The van der Waals surface area contributed by atoms with Crippen LogP contribution in [0.5, 0.6) is 0 Å². The van der Waals surface area contributed by atoms with Gasteiger partial charge < -0.3 is 0 Å². The van der Waals surface area contributed by atoms with Crippen molar-refractivity contribution in [2.24, 2.45) is 0 Å². The fraction of sp³-hybridized carbons (Fsp3) is 0.375. The molecule has 0 N–H and O–H groups in total. The molecule has 3 heteroatoms. The number of aryl methyl sites for hydroxylation is 3. The molecule has 58 valence electrons. The lowest BCUT2D eigenvalue weighted by atomic mass is 10.6. The molecule has 0 unspecified atom stereocenters. The van der Waals surface area contributed by atoms with Gasteiger partial charge in [0.15, 0.2) is 0 Å². The molecule has 0 saturated heterocycles. The van der Waals surface area contributed by atoms with Crippen LogP contribution in [-0.4, -0.2) is 9.38 Å². The lowest BCUT2D eigenvalue weighted by Gasteiger charge is -1.82. The first-order valence-corrected chi connectivity index (χ1v) is 4.42. The Bertz CT molecular complexity index is 363. The second-order valence-corrected chi connectivity index (χ2v) is 4.00. The third kappa shape index (κ3) is 0.878. The molecule has 2 aromatic heterocycles. The van der Waals surface area contributed by atoms with Crippen molar-refractivity contribution in [1.29, 1.82) is 0 Å². The molecule has 11 heavy (non-hydrogen) atoms. The predicted molar refractivity (Wildman–Crippen MR) is 47.3 cm³/mol. The van der Waals surface area contributed by atoms with Gasteiger partial charge in [-0.25, -0.2) is 4.98 Å². The van der Waals surface area contributed by atoms with Crippen molar-refractivity contribution in [2.75, 3.05) is 0 Å². The third-order valence-electron chi connectivity index (χ3n) is 1.78. The van der Waals surface area contributed by atoms with E-state index in [2.05, 4.69) is 29.4 Å². The second kappa shape index (κ2) is 2.08. The quantitative estimate of drug-likeness (QED) is 0.587. The fourth-order valence-electron chi connectivity index (χ4n) is 1.30. The maximum absolute atomic E-state index is 4.36. The zero-order valence-electron chi connectivity index (χ0n) is 6.88. The van der Waals surface area contributed by atoms with E-state index in [0.717, 1.165) is 11.5 Å². The number of hydrogen-bond donors (Lipinski definition) is 0. The van der Waals surface area contributed by atoms with E-state index in [1.54, 1.807) is 11.3 Å². The van der Waals surface area contributed by atoms with Crippen LogP contribution in [0.25, 0.3) is 4.83 Å². The van der Waals surface area contributed by atoms with Crippen molar-refractivity contribution >= 4 is 16.2 Å². The minimum atomic E-state index is 1.09. The van der Waals surface area contributed by atoms with Gasteiger partial charge in [0.05, 0.1) is 5.69 Å². The summed E-state index contributed by atoms with van der Waals surface area (Å²) in [6, 6.07) is 0. The number of fused-ring (bicyclic) bond motifs is 1. The largest absolute Gasteiger partial charge is 0.294 e. The topological polar surface area (TPSA) is 17.3 Å². The fourth-order valence-corrected chi connectivity index (χ4v) is 2.24. The van der Waals surface area contributed by atoms with Crippen molar-refractivity contribution in [3.05, 3.63) is 22.6 Å². The van der Waals surface area contributed by atoms with Crippen LogP contribution in [0.4, 0.5) is 0 Å². The van der Waals surface area contributed by atoms with Gasteiger partial charge in [-0.15, -0.1) is 11.3 Å². The smallest absolute Gasteiger partial charge is 0.122 e. The van der Waals surface area contributed by atoms with E-state index in [1.807, 2.05) is 6.92 Å². The van der Waals surface area contributed by atoms with Crippen LogP contribution in [0.3, 0.4) is 0 Å². The first-order valence-electron chi connectivity index (χ1n) is 3.60. The highest BCUT2D eigenvalue weighted by Crippen LogP contribution is 2.21. The molecule has 0 atom stereocenters. The van der Waals surface area contributed by atoms with E-state index < -0.39 is 0 Å². The van der Waals surface area contributed by atoms with E-state index in [9.17, 15) is 0 Å². The Morgan fingerprint density at radius 2 is 2.09 bits per heavy atom. The molecule has 0 saturated carbocycles. The average molecular weight is 166 g/mol. The summed E-state index contributed by atoms with van der Waals surface area (Å²) in [5.74, 6) is 1.09. The van der Waals surface area contributed by atoms with Gasteiger partial charge in [-0.1, -0.05) is 0 Å². The number of hydrogen-bond acceptors (Lipinski definition) is 2. The van der Waals surface area contributed by atoms with Crippen LogP contribution < -0.4 is 0 Å². The molecular formula is C8H10N2S. The number of thiazole rings is 1. The lowest BCUT2D eigenvalue weighted by molar-refractivity contribution is 1.04. The third-order valence-corrected chi connectivity index (χ3v) is 2.89. The minimum absolute atomic E-state index is 1.09. The van der Waals surface area contributed by atoms with Gasteiger partial charge in [0, 0.05) is 11.1 Å². The number of aromatic nitrogens is 2. The van der Waals surface area contributed by atoms with Crippen LogP contribution in [-0.2, 0) is 0 Å². The maximum atomic E-state index is 4.36. The average Bonchev–Trinajstić information content (AvgIpc) is 2.38. The zero-order chi connectivity index (χ0) is 8.01. The van der Waals surface area contributed by atoms with E-state index >= 15 is 0 Å². The maximum Gasteiger partial charge on any atom is 0.122 e. The van der Waals surface area contributed by atoms with Crippen LogP contribution in [0.1, 0.15) is 16.4 Å². The number of nitrogens with zero attached hydrogens (tertiary/aromatic N) is 2. The Kier molecular flexibility index (Phi) is 1.29. The molecule has 0 aliphatic rings. The van der Waals surface area contributed by atoms with E-state index in [-0.39, 0.29) is 0 Å². The Morgan fingerprint density at radius 3 is 2.73 bits per heavy atom. The van der Waals surface area contributed by atoms with Crippen LogP contribution in [0.2, 0.25) is 0 Å². The van der Waals surface area contributed by atoms with Gasteiger partial charge in [0.1, 0.15) is 10.7 Å². The molecule has 2 nitrogen and oxygen atoms in total. The van der Waals surface area contributed by atoms with Crippen LogP contribution in [0.15, 0.2) is 6.20 Å². The summed E-state index contributed by atoms with van der Waals surface area (Å²) in [5.41, 5.74) is 1.14. The van der Waals surface area contributed by atoms with Crippen molar-refractivity contribution < 1.29 is 0 Å². The molecular weight excluding hydrogens is 156 g/mol. The monoisotopic (exact) mass is 166 g/mol. The van der Waals surface area contributed by atoms with Crippen molar-refractivity contribution in [2.45, 2.75) is 20.8 Å². The Balaban J connectivity index is 2.92. The second-order valence-electron chi connectivity index (χ2n) is 2.76. The summed E-state index contributed by atoms with van der Waals surface area (Å²) in [4.78, 5) is 6.98. The molecule has 0 aliphatic carbocycles. The highest BCUT2D eigenvalue weighted by molar-refractivity contribution is 7.17. The SMILES string of the molecule is Cc1cn2c(C)nc(C)c2s1. The van der Waals surface area contributed by atoms with E-state index in [4.69, 9.17) is 0 Å². The molecule has 0 fully saturated rings. The van der Waals surface area contributed by atoms with Crippen LogP contribution in [0, 0.1) is 20.8 Å². The van der Waals surface area contributed by atoms with E-state index in [1.165, 1.54) is 9.71 Å². The minimum Gasteiger partial charge on any atom is -0.294 e. The summed E-state index contributed by atoms with van der Waals surface area (Å²) in [7, 11) is 0. The first-order chi connectivity index (χ1) is 5.18. The molecule has 0 aliphatic heterocycles. The lowest BCUT2D eigenvalue weighted by Crippen LogP contribution is -1.80. The van der Waals surface area contributed by atoms with Gasteiger partial charge >= 0.3 is 0 Å². The molecule has 0 bridgehead atoms. The number of imidazole rings is 1. The first kappa shape index (κ1) is 6.85. The van der Waals surface area contributed by atoms with Crippen molar-refractivity contribution in [3.8, 4) is 0 Å². The predicted octanol–water partition coefficient (Wildman–Crippen LogP) is 2.32. The highest BCUT2D eigenvalue weighted by atomic mass is 32.1. The zero-order valence-corrected chi connectivity index (χ0v) is 7.70. The molecule has 0 spiro atoms. The Hall–Kier alpha value is -0.830. The van der Waals surface area contributed by atoms with Crippen molar-refractivity contribution in [1.82, 2.24) is 9.38 Å². The molecule has 0 radical (unpaired) electrons. The molecule has 0 aromatic carbocycles. The molecule has 0 amide bonds. The molecule has 2 aromatic rings. The number of rotatable bonds is 0. The summed E-state index contributed by atoms with van der Waals surface area (Å²) in [5, 5.41) is 0. The Morgan fingerprint density at radius 1 is 1.36 bits per heavy atom. The Labute approximate surface area is 69.5 Å². The van der Waals surface area contributed by atoms with E-state index in [0.29, 0.717) is 0 Å². The van der Waals surface area contributed by atoms with Gasteiger partial charge in [-0.3, -0.25) is 4.40 Å². The van der Waals surface area contributed by atoms with Gasteiger partial charge in [0.2, 0.25) is 0 Å². The summed E-state index contributed by atoms with van der Waals surface area (Å²) in [6.45, 7) is 6.21. The standard InChI is InChI=1S/C8H10N2S/c1-5-4-10-7(3)9-6(2)8(10)11-5/h4H,1-3H3. The molecule has 2 rings (SSSR count). The summed E-state index contributed by atoms with van der Waals surface area (Å²) >= 11 is 1.80. The molecule has 2 heterocycles. The van der Waals surface area contributed by atoms with Crippen molar-refractivity contribution in [3.63, 3.8) is 0 Å². The van der Waals surface area contributed by atoms with Crippen LogP contribution >= 0.6 is 11.3 Å².